The second-order valence-electron chi connectivity index (χ2n) is 5.04. The van der Waals surface area contributed by atoms with Crippen molar-refractivity contribution < 1.29 is 4.79 Å². The summed E-state index contributed by atoms with van der Waals surface area (Å²) in [5, 5.41) is 3.25. The lowest BCUT2D eigenvalue weighted by Crippen LogP contribution is -2.29. The second-order valence-corrected chi connectivity index (χ2v) is 5.04. The summed E-state index contributed by atoms with van der Waals surface area (Å²) in [5.41, 5.74) is 3.67. The zero-order chi connectivity index (χ0) is 14.9. The third-order valence-electron chi connectivity index (χ3n) is 3.48. The number of nitrogens with zero attached hydrogens (tertiary/aromatic N) is 1. The first-order valence-electron chi connectivity index (χ1n) is 7.32. The van der Waals surface area contributed by atoms with Gasteiger partial charge in [0.1, 0.15) is 6.29 Å². The van der Waals surface area contributed by atoms with E-state index in [0.717, 1.165) is 25.9 Å². The topological polar surface area (TPSA) is 32.3 Å². The molecule has 110 valence electrons. The first-order valence-corrected chi connectivity index (χ1v) is 7.32. The Morgan fingerprint density at radius 2 is 1.62 bits per heavy atom. The van der Waals surface area contributed by atoms with Crippen molar-refractivity contribution in [1.82, 2.24) is 5.32 Å². The van der Waals surface area contributed by atoms with Crippen LogP contribution in [0.25, 0.3) is 11.1 Å². The van der Waals surface area contributed by atoms with Gasteiger partial charge in [0.15, 0.2) is 0 Å². The molecule has 2 aromatic carbocycles. The first-order chi connectivity index (χ1) is 10.3. The molecular weight excluding hydrogens is 260 g/mol. The zero-order valence-corrected chi connectivity index (χ0v) is 12.5. The van der Waals surface area contributed by atoms with Crippen LogP contribution in [0.1, 0.15) is 6.42 Å². The number of hydrogen-bond acceptors (Lipinski definition) is 3. The molecule has 0 saturated heterocycles. The standard InChI is InChI=1S/C18H22N2O/c1-20(14-13-19-12-5-15-21)18-10-8-17(9-11-18)16-6-3-2-4-7-16/h2-4,6-11,15,19H,5,12-14H2,1H3. The molecule has 0 aliphatic carbocycles. The van der Waals surface area contributed by atoms with Crippen LogP contribution in [0.3, 0.4) is 0 Å². The number of aldehydes is 1. The lowest BCUT2D eigenvalue weighted by Gasteiger charge is -2.19. The summed E-state index contributed by atoms with van der Waals surface area (Å²) >= 11 is 0. The van der Waals surface area contributed by atoms with Crippen LogP contribution in [0.15, 0.2) is 54.6 Å². The highest BCUT2D eigenvalue weighted by Crippen LogP contribution is 2.22. The highest BCUT2D eigenvalue weighted by Gasteiger charge is 2.01. The van der Waals surface area contributed by atoms with E-state index in [1.165, 1.54) is 16.8 Å². The zero-order valence-electron chi connectivity index (χ0n) is 12.5. The second kappa shape index (κ2) is 8.22. The van der Waals surface area contributed by atoms with Crippen molar-refractivity contribution >= 4 is 12.0 Å². The molecule has 0 aliphatic rings. The fraction of sp³-hybridized carbons (Fsp3) is 0.278. The Hall–Kier alpha value is -2.13. The van der Waals surface area contributed by atoms with E-state index >= 15 is 0 Å². The van der Waals surface area contributed by atoms with Crippen molar-refractivity contribution in [2.75, 3.05) is 31.6 Å². The molecule has 0 saturated carbocycles. The van der Waals surface area contributed by atoms with E-state index in [-0.39, 0.29) is 0 Å². The monoisotopic (exact) mass is 282 g/mol. The summed E-state index contributed by atoms with van der Waals surface area (Å²) in [5.74, 6) is 0. The van der Waals surface area contributed by atoms with Gasteiger partial charge in [0.2, 0.25) is 0 Å². The van der Waals surface area contributed by atoms with Gasteiger partial charge in [-0.1, -0.05) is 42.5 Å². The van der Waals surface area contributed by atoms with Crippen molar-refractivity contribution in [2.45, 2.75) is 6.42 Å². The van der Waals surface area contributed by atoms with Crippen molar-refractivity contribution in [2.24, 2.45) is 0 Å². The van der Waals surface area contributed by atoms with Crippen molar-refractivity contribution in [3.63, 3.8) is 0 Å². The van der Waals surface area contributed by atoms with Gasteiger partial charge in [0.25, 0.3) is 0 Å². The van der Waals surface area contributed by atoms with Crippen LogP contribution in [0.5, 0.6) is 0 Å². The first kappa shape index (κ1) is 15.3. The highest BCUT2D eigenvalue weighted by atomic mass is 16.1. The maximum atomic E-state index is 10.2. The van der Waals surface area contributed by atoms with Crippen LogP contribution in [-0.4, -0.2) is 33.0 Å². The third kappa shape index (κ3) is 4.72. The lowest BCUT2D eigenvalue weighted by molar-refractivity contribution is -0.107. The van der Waals surface area contributed by atoms with Crippen molar-refractivity contribution in [3.8, 4) is 11.1 Å². The van der Waals surface area contributed by atoms with E-state index in [2.05, 4.69) is 65.8 Å². The quantitative estimate of drug-likeness (QED) is 0.597. The molecule has 0 spiro atoms. The normalized spacial score (nSPS) is 10.3. The van der Waals surface area contributed by atoms with E-state index in [1.54, 1.807) is 0 Å². The number of carbonyl (C=O) groups excluding carboxylic acids is 1. The van der Waals surface area contributed by atoms with Crippen molar-refractivity contribution in [1.29, 1.82) is 0 Å². The van der Waals surface area contributed by atoms with Crippen LogP contribution in [0, 0.1) is 0 Å². The fourth-order valence-corrected chi connectivity index (χ4v) is 2.20. The molecule has 21 heavy (non-hydrogen) atoms. The van der Waals surface area contributed by atoms with Gasteiger partial charge in [-0.15, -0.1) is 0 Å². The van der Waals surface area contributed by atoms with Gasteiger partial charge >= 0.3 is 0 Å². The van der Waals surface area contributed by atoms with Crippen LogP contribution in [0.2, 0.25) is 0 Å². The smallest absolute Gasteiger partial charge is 0.121 e. The Balaban J connectivity index is 1.88. The van der Waals surface area contributed by atoms with Gasteiger partial charge in [-0.05, 0) is 23.3 Å². The summed E-state index contributed by atoms with van der Waals surface area (Å²) in [6, 6.07) is 19.0. The minimum absolute atomic E-state index is 0.579. The van der Waals surface area contributed by atoms with Gasteiger partial charge in [0, 0.05) is 38.8 Å². The summed E-state index contributed by atoms with van der Waals surface area (Å²) in [6.07, 6.45) is 1.52. The number of hydrogen-bond donors (Lipinski definition) is 1. The largest absolute Gasteiger partial charge is 0.373 e. The van der Waals surface area contributed by atoms with Crippen LogP contribution in [0.4, 0.5) is 5.69 Å². The number of carbonyl (C=O) groups is 1. The van der Waals surface area contributed by atoms with Gasteiger partial charge in [-0.2, -0.15) is 0 Å². The van der Waals surface area contributed by atoms with Gasteiger partial charge in [-0.3, -0.25) is 0 Å². The van der Waals surface area contributed by atoms with E-state index in [0.29, 0.717) is 6.42 Å². The average Bonchev–Trinajstić information content (AvgIpc) is 2.55. The molecule has 2 aromatic rings. The summed E-state index contributed by atoms with van der Waals surface area (Å²) in [4.78, 5) is 12.4. The molecule has 0 fully saturated rings. The Morgan fingerprint density at radius 3 is 2.29 bits per heavy atom. The number of rotatable bonds is 8. The molecule has 0 amide bonds. The Bertz CT molecular complexity index is 537. The molecule has 0 radical (unpaired) electrons. The van der Waals surface area contributed by atoms with Gasteiger partial charge in [-0.25, -0.2) is 0 Å². The molecular formula is C18H22N2O. The average molecular weight is 282 g/mol. The maximum absolute atomic E-state index is 10.2. The predicted molar refractivity (Wildman–Crippen MR) is 88.7 cm³/mol. The predicted octanol–water partition coefficient (Wildman–Crippen LogP) is 2.97. The third-order valence-corrected chi connectivity index (χ3v) is 3.48. The highest BCUT2D eigenvalue weighted by molar-refractivity contribution is 5.66. The Morgan fingerprint density at radius 1 is 0.952 bits per heavy atom. The number of likely N-dealkylation sites (N-methyl/N-ethyl adjacent to an activating group) is 1. The van der Waals surface area contributed by atoms with Gasteiger partial charge < -0.3 is 15.0 Å². The van der Waals surface area contributed by atoms with Crippen molar-refractivity contribution in [3.05, 3.63) is 54.6 Å². The summed E-state index contributed by atoms with van der Waals surface area (Å²) in [6.45, 7) is 2.55. The SMILES string of the molecule is CN(CCNCCC=O)c1ccc(-c2ccccc2)cc1. The molecule has 0 unspecified atom stereocenters. The molecule has 0 bridgehead atoms. The molecule has 3 heteroatoms. The summed E-state index contributed by atoms with van der Waals surface area (Å²) < 4.78 is 0. The Labute approximate surface area is 126 Å². The molecule has 0 aromatic heterocycles. The fourth-order valence-electron chi connectivity index (χ4n) is 2.20. The van der Waals surface area contributed by atoms with E-state index in [9.17, 15) is 4.79 Å². The molecule has 0 heterocycles. The van der Waals surface area contributed by atoms with E-state index < -0.39 is 0 Å². The number of benzene rings is 2. The molecule has 2 rings (SSSR count). The van der Waals surface area contributed by atoms with Crippen LogP contribution < -0.4 is 10.2 Å². The number of anilines is 1. The number of nitrogens with one attached hydrogen (secondary N) is 1. The van der Waals surface area contributed by atoms with E-state index in [1.807, 2.05) is 6.07 Å². The van der Waals surface area contributed by atoms with E-state index in [4.69, 9.17) is 0 Å². The van der Waals surface area contributed by atoms with Crippen LogP contribution >= 0.6 is 0 Å². The van der Waals surface area contributed by atoms with Gasteiger partial charge in [0.05, 0.1) is 0 Å². The lowest BCUT2D eigenvalue weighted by atomic mass is 10.1. The summed E-state index contributed by atoms with van der Waals surface area (Å²) in [7, 11) is 2.08. The molecule has 0 atom stereocenters. The minimum atomic E-state index is 0.579. The Kier molecular flexibility index (Phi) is 5.98. The minimum Gasteiger partial charge on any atom is -0.373 e. The molecule has 1 N–H and O–H groups in total. The maximum Gasteiger partial charge on any atom is 0.121 e. The van der Waals surface area contributed by atoms with Crippen LogP contribution in [-0.2, 0) is 4.79 Å². The molecule has 3 nitrogen and oxygen atoms in total. The molecule has 0 aliphatic heterocycles.